The normalized spacial score (nSPS) is 12.0. The number of nitrogens with zero attached hydrogens (tertiary/aromatic N) is 4. The zero-order valence-corrected chi connectivity index (χ0v) is 20.2. The van der Waals surface area contributed by atoms with Crippen molar-refractivity contribution >= 4 is 32.3 Å². The number of hydrogen-bond acceptors (Lipinski definition) is 7. The molecule has 13 heteroatoms. The molecule has 8 nitrogen and oxygen atoms in total. The Labute approximate surface area is 213 Å². The number of rotatable bonds is 6. The summed E-state index contributed by atoms with van der Waals surface area (Å²) in [5.41, 5.74) is -1.54. The summed E-state index contributed by atoms with van der Waals surface area (Å²) in [5, 5.41) is 12.4. The second-order valence-corrected chi connectivity index (χ2v) is 9.78. The number of benzene rings is 3. The Kier molecular flexibility index (Phi) is 6.23. The predicted octanol–water partition coefficient (Wildman–Crippen LogP) is 5.98. The molecule has 0 atom stereocenters. The fourth-order valence-electron chi connectivity index (χ4n) is 3.88. The predicted molar refractivity (Wildman–Crippen MR) is 129 cm³/mol. The molecule has 0 saturated carbocycles. The molecule has 0 bridgehead atoms. The fraction of sp³-hybridized carbons (Fsp3) is 0.0800. The Morgan fingerprint density at radius 1 is 0.947 bits per heavy atom. The van der Waals surface area contributed by atoms with E-state index in [4.69, 9.17) is 9.26 Å². The molecule has 0 fully saturated rings. The molecule has 0 N–H and O–H groups in total. The molecule has 0 saturated heterocycles. The van der Waals surface area contributed by atoms with Crippen LogP contribution < -0.4 is 9.04 Å². The van der Waals surface area contributed by atoms with Gasteiger partial charge in [0.1, 0.15) is 23.5 Å². The van der Waals surface area contributed by atoms with E-state index in [0.717, 1.165) is 40.9 Å². The minimum atomic E-state index is -4.64. The van der Waals surface area contributed by atoms with Crippen LogP contribution in [0.5, 0.6) is 5.75 Å². The van der Waals surface area contributed by atoms with Crippen molar-refractivity contribution in [2.45, 2.75) is 11.1 Å². The van der Waals surface area contributed by atoms with Crippen molar-refractivity contribution in [3.8, 4) is 16.9 Å². The lowest BCUT2D eigenvalue weighted by Gasteiger charge is -2.24. The van der Waals surface area contributed by atoms with Crippen LogP contribution in [0.3, 0.4) is 0 Å². The summed E-state index contributed by atoms with van der Waals surface area (Å²) < 4.78 is 93.8. The molecule has 0 aliphatic heterocycles. The van der Waals surface area contributed by atoms with Gasteiger partial charge in [-0.15, -0.1) is 0 Å². The van der Waals surface area contributed by atoms with Crippen LogP contribution in [0.15, 0.2) is 88.7 Å². The van der Waals surface area contributed by atoms with Crippen molar-refractivity contribution in [1.29, 1.82) is 0 Å². The molecule has 0 unspecified atom stereocenters. The van der Waals surface area contributed by atoms with Crippen LogP contribution in [-0.4, -0.2) is 30.9 Å². The van der Waals surface area contributed by atoms with Crippen LogP contribution in [0.25, 0.3) is 21.9 Å². The number of aromatic nitrogens is 3. The molecule has 5 aromatic rings. The third-order valence-electron chi connectivity index (χ3n) is 5.68. The summed E-state index contributed by atoms with van der Waals surface area (Å²) >= 11 is 0. The summed E-state index contributed by atoms with van der Waals surface area (Å²) in [4.78, 5) is -0.176. The van der Waals surface area contributed by atoms with Gasteiger partial charge in [-0.2, -0.15) is 23.4 Å². The molecule has 3 aromatic carbocycles. The van der Waals surface area contributed by atoms with E-state index in [0.29, 0.717) is 10.8 Å². The third kappa shape index (κ3) is 4.52. The Balaban J connectivity index is 1.68. The number of methoxy groups -OCH3 is 1. The zero-order chi connectivity index (χ0) is 27.1. The number of ether oxygens (including phenoxy) is 1. The smallest absolute Gasteiger partial charge is 0.416 e. The fourth-order valence-corrected chi connectivity index (χ4v) is 5.34. The van der Waals surface area contributed by atoms with Crippen molar-refractivity contribution in [1.82, 2.24) is 15.4 Å². The van der Waals surface area contributed by atoms with Gasteiger partial charge in [-0.1, -0.05) is 23.4 Å². The highest BCUT2D eigenvalue weighted by atomic mass is 32.2. The number of fused-ring (bicyclic) bond motifs is 1. The molecular weight excluding hydrogens is 528 g/mol. The molecule has 0 aliphatic rings. The number of halogens is 4. The van der Waals surface area contributed by atoms with Gasteiger partial charge in [-0.05, 0) is 35.9 Å². The van der Waals surface area contributed by atoms with Gasteiger partial charge in [-0.3, -0.25) is 0 Å². The summed E-state index contributed by atoms with van der Waals surface area (Å²) in [6, 6.07) is 11.6. The van der Waals surface area contributed by atoms with Gasteiger partial charge < -0.3 is 9.26 Å². The van der Waals surface area contributed by atoms with Gasteiger partial charge in [-0.25, -0.2) is 17.1 Å². The lowest BCUT2D eigenvalue weighted by molar-refractivity contribution is -0.137. The van der Waals surface area contributed by atoms with Crippen LogP contribution in [0.2, 0.25) is 0 Å². The second-order valence-electron chi connectivity index (χ2n) is 7.99. The van der Waals surface area contributed by atoms with Crippen LogP contribution in [0, 0.1) is 5.82 Å². The highest BCUT2D eigenvalue weighted by Gasteiger charge is 2.33. The van der Waals surface area contributed by atoms with E-state index in [1.54, 1.807) is 0 Å². The molecule has 0 radical (unpaired) electrons. The number of sulfonamides is 1. The van der Waals surface area contributed by atoms with E-state index < -0.39 is 27.6 Å². The third-order valence-corrected chi connectivity index (χ3v) is 7.39. The highest BCUT2D eigenvalue weighted by molar-refractivity contribution is 7.93. The van der Waals surface area contributed by atoms with Gasteiger partial charge in [0.15, 0.2) is 5.82 Å². The molecule has 0 amide bonds. The summed E-state index contributed by atoms with van der Waals surface area (Å²) in [5.74, 6) is -1.34. The van der Waals surface area contributed by atoms with Crippen molar-refractivity contribution < 1.29 is 35.2 Å². The maximum Gasteiger partial charge on any atom is 0.416 e. The Bertz CT molecular complexity index is 1740. The summed E-state index contributed by atoms with van der Waals surface area (Å²) in [6.07, 6.45) is -0.654. The molecule has 194 valence electrons. The van der Waals surface area contributed by atoms with Gasteiger partial charge >= 0.3 is 6.18 Å². The van der Waals surface area contributed by atoms with Gasteiger partial charge in [0, 0.05) is 28.5 Å². The van der Waals surface area contributed by atoms with Crippen molar-refractivity contribution in [3.05, 3.63) is 90.7 Å². The van der Waals surface area contributed by atoms with Gasteiger partial charge in [0.05, 0.1) is 30.0 Å². The standard InChI is InChI=1S/C25H16F4N4O4S/c1-36-23-11-20(15-3-2-4-18(9-15)25(27,28)29)21(26)12-22(23)33(24-7-8-37-32-24)38(34,35)19-6-5-16-13-30-31-14-17(16)10-19/h2-14H,1H3. The molecular formula is C25H16F4N4O4S. The van der Waals surface area contributed by atoms with Crippen LogP contribution >= 0.6 is 0 Å². The first-order valence-electron chi connectivity index (χ1n) is 10.8. The van der Waals surface area contributed by atoms with E-state index in [-0.39, 0.29) is 33.3 Å². The number of hydrogen-bond donors (Lipinski definition) is 0. The van der Waals surface area contributed by atoms with Crippen molar-refractivity contribution in [2.24, 2.45) is 0 Å². The lowest BCUT2D eigenvalue weighted by atomic mass is 10.0. The molecule has 0 aliphatic carbocycles. The first-order chi connectivity index (χ1) is 18.1. The SMILES string of the molecule is COc1cc(-c2cccc(C(F)(F)F)c2)c(F)cc1N(c1ccon1)S(=O)(=O)c1ccc2cnncc2c1. The topological polar surface area (TPSA) is 98.4 Å². The average molecular weight is 544 g/mol. The van der Waals surface area contributed by atoms with E-state index in [1.807, 2.05) is 0 Å². The van der Waals surface area contributed by atoms with Crippen LogP contribution in [0.4, 0.5) is 29.1 Å². The number of anilines is 2. The van der Waals surface area contributed by atoms with Gasteiger partial charge in [0.25, 0.3) is 10.0 Å². The van der Waals surface area contributed by atoms with Gasteiger partial charge in [0.2, 0.25) is 0 Å². The molecule has 5 rings (SSSR count). The average Bonchev–Trinajstić information content (AvgIpc) is 3.42. The largest absolute Gasteiger partial charge is 0.495 e. The summed E-state index contributed by atoms with van der Waals surface area (Å²) in [6.45, 7) is 0. The second kappa shape index (κ2) is 9.41. The number of alkyl halides is 3. The van der Waals surface area contributed by atoms with E-state index >= 15 is 4.39 Å². The molecule has 2 aromatic heterocycles. The minimum absolute atomic E-state index is 0.0753. The first kappa shape index (κ1) is 25.1. The Hall–Kier alpha value is -4.52. The molecule has 2 heterocycles. The van der Waals surface area contributed by atoms with Crippen LogP contribution in [-0.2, 0) is 16.2 Å². The van der Waals surface area contributed by atoms with Crippen LogP contribution in [0.1, 0.15) is 5.56 Å². The quantitative estimate of drug-likeness (QED) is 0.243. The van der Waals surface area contributed by atoms with E-state index in [9.17, 15) is 21.6 Å². The highest BCUT2D eigenvalue weighted by Crippen LogP contribution is 2.42. The zero-order valence-electron chi connectivity index (χ0n) is 19.3. The Morgan fingerprint density at radius 3 is 2.39 bits per heavy atom. The van der Waals surface area contributed by atoms with E-state index in [1.165, 1.54) is 49.8 Å². The molecule has 38 heavy (non-hydrogen) atoms. The molecule has 0 spiro atoms. The minimum Gasteiger partial charge on any atom is -0.495 e. The Morgan fingerprint density at radius 2 is 1.71 bits per heavy atom. The monoisotopic (exact) mass is 544 g/mol. The van der Waals surface area contributed by atoms with Crippen molar-refractivity contribution in [3.63, 3.8) is 0 Å². The first-order valence-corrected chi connectivity index (χ1v) is 12.2. The summed E-state index contributed by atoms with van der Waals surface area (Å²) in [7, 11) is -3.24. The van der Waals surface area contributed by atoms with E-state index in [2.05, 4.69) is 15.4 Å². The maximum absolute atomic E-state index is 15.5. The lowest BCUT2D eigenvalue weighted by Crippen LogP contribution is -2.27. The van der Waals surface area contributed by atoms with Crippen molar-refractivity contribution in [2.75, 3.05) is 11.4 Å². The maximum atomic E-state index is 15.5.